The Bertz CT molecular complexity index is 265. The molecule has 2 atom stereocenters. The molecule has 0 aliphatic carbocycles. The van der Waals surface area contributed by atoms with Crippen molar-refractivity contribution in [3.8, 4) is 0 Å². The first kappa shape index (κ1) is 12.0. The molecule has 3 N–H and O–H groups in total. The fourth-order valence-corrected chi connectivity index (χ4v) is 1.66. The Labute approximate surface area is 89.2 Å². The lowest BCUT2D eigenvalue weighted by Gasteiger charge is -2.22. The Balaban J connectivity index is 2.54. The van der Waals surface area contributed by atoms with E-state index in [1.807, 2.05) is 13.8 Å². The van der Waals surface area contributed by atoms with Crippen molar-refractivity contribution in [2.75, 3.05) is 13.1 Å². The van der Waals surface area contributed by atoms with Crippen molar-refractivity contribution in [1.82, 2.24) is 4.90 Å². The Hall–Kier alpha value is -1.10. The van der Waals surface area contributed by atoms with Gasteiger partial charge in [-0.3, -0.25) is 9.59 Å². The largest absolute Gasteiger partial charge is 0.481 e. The molecule has 1 fully saturated rings. The normalized spacial score (nSPS) is 23.2. The predicted octanol–water partition coefficient (Wildman–Crippen LogP) is -0.0972. The molecule has 0 bridgehead atoms. The van der Waals surface area contributed by atoms with Crippen LogP contribution in [-0.4, -0.2) is 41.0 Å². The first-order valence-corrected chi connectivity index (χ1v) is 5.20. The molecule has 15 heavy (non-hydrogen) atoms. The molecule has 5 nitrogen and oxygen atoms in total. The Kier molecular flexibility index (Phi) is 3.68. The molecule has 1 amide bonds. The van der Waals surface area contributed by atoms with Gasteiger partial charge in [0.2, 0.25) is 5.91 Å². The summed E-state index contributed by atoms with van der Waals surface area (Å²) in [4.78, 5) is 24.0. The van der Waals surface area contributed by atoms with E-state index in [0.29, 0.717) is 19.5 Å². The molecule has 0 aromatic heterocycles. The lowest BCUT2D eigenvalue weighted by molar-refractivity contribution is -0.141. The van der Waals surface area contributed by atoms with Gasteiger partial charge < -0.3 is 15.7 Å². The lowest BCUT2D eigenvalue weighted by atomic mass is 10.0. The van der Waals surface area contributed by atoms with Gasteiger partial charge in [0.25, 0.3) is 0 Å². The highest BCUT2D eigenvalue weighted by Gasteiger charge is 2.33. The molecule has 1 heterocycles. The molecular formula is C10H18N2O3. The van der Waals surface area contributed by atoms with Gasteiger partial charge in [0, 0.05) is 13.1 Å². The molecule has 1 aliphatic heterocycles. The quantitative estimate of drug-likeness (QED) is 0.687. The van der Waals surface area contributed by atoms with Crippen LogP contribution in [0.25, 0.3) is 0 Å². The molecule has 0 spiro atoms. The van der Waals surface area contributed by atoms with Gasteiger partial charge in [-0.15, -0.1) is 0 Å². The van der Waals surface area contributed by atoms with E-state index in [4.69, 9.17) is 10.8 Å². The number of nitrogens with zero attached hydrogens (tertiary/aromatic N) is 1. The summed E-state index contributed by atoms with van der Waals surface area (Å²) in [5.74, 6) is -1.30. The third-order valence-electron chi connectivity index (χ3n) is 2.85. The zero-order chi connectivity index (χ0) is 11.6. The maximum atomic E-state index is 11.8. The SMILES string of the molecule is CC(C)C(N)C(=O)N1CCC(C(=O)O)C1. The van der Waals surface area contributed by atoms with Crippen molar-refractivity contribution in [1.29, 1.82) is 0 Å². The number of carboxylic acids is 1. The van der Waals surface area contributed by atoms with Gasteiger partial charge in [0.15, 0.2) is 0 Å². The van der Waals surface area contributed by atoms with Gasteiger partial charge in [-0.05, 0) is 12.3 Å². The van der Waals surface area contributed by atoms with Crippen LogP contribution in [0.1, 0.15) is 20.3 Å². The van der Waals surface area contributed by atoms with Crippen molar-refractivity contribution >= 4 is 11.9 Å². The molecule has 0 radical (unpaired) electrons. The highest BCUT2D eigenvalue weighted by molar-refractivity contribution is 5.83. The summed E-state index contributed by atoms with van der Waals surface area (Å²) < 4.78 is 0. The van der Waals surface area contributed by atoms with Crippen LogP contribution in [0.4, 0.5) is 0 Å². The van der Waals surface area contributed by atoms with E-state index >= 15 is 0 Å². The number of hydrogen-bond donors (Lipinski definition) is 2. The minimum atomic E-state index is -0.830. The summed E-state index contributed by atoms with van der Waals surface area (Å²) in [6.45, 7) is 4.57. The number of carbonyl (C=O) groups excluding carboxylic acids is 1. The maximum Gasteiger partial charge on any atom is 0.308 e. The van der Waals surface area contributed by atoms with Crippen molar-refractivity contribution < 1.29 is 14.7 Å². The van der Waals surface area contributed by atoms with E-state index in [1.165, 1.54) is 0 Å². The third-order valence-corrected chi connectivity index (χ3v) is 2.85. The number of aliphatic carboxylic acids is 1. The highest BCUT2D eigenvalue weighted by atomic mass is 16.4. The third kappa shape index (κ3) is 2.68. The Morgan fingerprint density at radius 3 is 2.47 bits per heavy atom. The molecule has 5 heteroatoms. The van der Waals surface area contributed by atoms with Crippen LogP contribution >= 0.6 is 0 Å². The second-order valence-electron chi connectivity index (χ2n) is 4.38. The predicted molar refractivity (Wildman–Crippen MR) is 55.1 cm³/mol. The van der Waals surface area contributed by atoms with E-state index in [2.05, 4.69) is 0 Å². The van der Waals surface area contributed by atoms with E-state index in [1.54, 1.807) is 4.90 Å². The smallest absolute Gasteiger partial charge is 0.308 e. The van der Waals surface area contributed by atoms with Gasteiger partial charge >= 0.3 is 5.97 Å². The topological polar surface area (TPSA) is 83.6 Å². The van der Waals surface area contributed by atoms with Gasteiger partial charge in [0.05, 0.1) is 12.0 Å². The van der Waals surface area contributed by atoms with E-state index in [9.17, 15) is 9.59 Å². The average Bonchev–Trinajstić information content (AvgIpc) is 2.64. The summed E-state index contributed by atoms with van der Waals surface area (Å²) >= 11 is 0. The first-order chi connectivity index (χ1) is 6.93. The van der Waals surface area contributed by atoms with Crippen LogP contribution in [0.2, 0.25) is 0 Å². The van der Waals surface area contributed by atoms with Crippen molar-refractivity contribution in [3.05, 3.63) is 0 Å². The summed E-state index contributed by atoms with van der Waals surface area (Å²) in [7, 11) is 0. The van der Waals surface area contributed by atoms with Gasteiger partial charge in [-0.1, -0.05) is 13.8 Å². The highest BCUT2D eigenvalue weighted by Crippen LogP contribution is 2.18. The Morgan fingerprint density at radius 2 is 2.07 bits per heavy atom. The van der Waals surface area contributed by atoms with E-state index < -0.39 is 17.9 Å². The first-order valence-electron chi connectivity index (χ1n) is 5.20. The summed E-state index contributed by atoms with van der Waals surface area (Å²) in [6.07, 6.45) is 0.534. The van der Waals surface area contributed by atoms with Gasteiger partial charge in [-0.25, -0.2) is 0 Å². The summed E-state index contributed by atoms with van der Waals surface area (Å²) in [5.41, 5.74) is 5.72. The monoisotopic (exact) mass is 214 g/mol. The zero-order valence-electron chi connectivity index (χ0n) is 9.14. The van der Waals surface area contributed by atoms with Crippen molar-refractivity contribution in [3.63, 3.8) is 0 Å². The number of nitrogens with two attached hydrogens (primary N) is 1. The number of likely N-dealkylation sites (tertiary alicyclic amines) is 1. The zero-order valence-corrected chi connectivity index (χ0v) is 9.14. The molecule has 0 aromatic carbocycles. The van der Waals surface area contributed by atoms with Crippen LogP contribution in [-0.2, 0) is 9.59 Å². The standard InChI is InChI=1S/C10H18N2O3/c1-6(2)8(11)9(13)12-4-3-7(5-12)10(14)15/h6-8H,3-5,11H2,1-2H3,(H,14,15). The molecular weight excluding hydrogens is 196 g/mol. The van der Waals surface area contributed by atoms with Gasteiger partial charge in [-0.2, -0.15) is 0 Å². The van der Waals surface area contributed by atoms with Crippen LogP contribution in [0.15, 0.2) is 0 Å². The summed E-state index contributed by atoms with van der Waals surface area (Å²) in [5, 5.41) is 8.79. The van der Waals surface area contributed by atoms with E-state index in [-0.39, 0.29) is 11.8 Å². The number of hydrogen-bond acceptors (Lipinski definition) is 3. The van der Waals surface area contributed by atoms with Crippen molar-refractivity contribution in [2.45, 2.75) is 26.3 Å². The maximum absolute atomic E-state index is 11.8. The molecule has 2 unspecified atom stereocenters. The fourth-order valence-electron chi connectivity index (χ4n) is 1.66. The minimum absolute atomic E-state index is 0.0846. The van der Waals surface area contributed by atoms with Crippen LogP contribution in [0.3, 0.4) is 0 Å². The summed E-state index contributed by atoms with van der Waals surface area (Å²) in [6, 6.07) is -0.516. The molecule has 0 aromatic rings. The second kappa shape index (κ2) is 4.61. The van der Waals surface area contributed by atoms with Gasteiger partial charge in [0.1, 0.15) is 0 Å². The Morgan fingerprint density at radius 1 is 1.47 bits per heavy atom. The van der Waals surface area contributed by atoms with Crippen LogP contribution < -0.4 is 5.73 Å². The van der Waals surface area contributed by atoms with Crippen molar-refractivity contribution in [2.24, 2.45) is 17.6 Å². The second-order valence-corrected chi connectivity index (χ2v) is 4.38. The molecule has 0 saturated carbocycles. The molecule has 86 valence electrons. The average molecular weight is 214 g/mol. The van der Waals surface area contributed by atoms with Crippen LogP contribution in [0, 0.1) is 11.8 Å². The number of amides is 1. The lowest BCUT2D eigenvalue weighted by Crippen LogP contribution is -2.45. The van der Waals surface area contributed by atoms with Crippen LogP contribution in [0.5, 0.6) is 0 Å². The minimum Gasteiger partial charge on any atom is -0.481 e. The number of carboxylic acid groups (broad SMARTS) is 1. The number of rotatable bonds is 3. The van der Waals surface area contributed by atoms with E-state index in [0.717, 1.165) is 0 Å². The fraction of sp³-hybridized carbons (Fsp3) is 0.800. The molecule has 1 saturated heterocycles. The molecule has 1 aliphatic rings. The molecule has 1 rings (SSSR count). The number of carbonyl (C=O) groups is 2.